The maximum absolute atomic E-state index is 13.4. The smallest absolute Gasteiger partial charge is 0.336 e. The molecular weight excluding hydrogens is 338 g/mol. The summed E-state index contributed by atoms with van der Waals surface area (Å²) in [4.78, 5) is 22.3. The number of hydrogen-bond acceptors (Lipinski definition) is 3. The minimum atomic E-state index is -2.72. The lowest BCUT2D eigenvalue weighted by molar-refractivity contribution is 0.0651. The maximum Gasteiger partial charge on any atom is 0.336 e. The number of carboxylic acid groups (broad SMARTS) is 2. The monoisotopic (exact) mass is 348 g/mol. The van der Waals surface area contributed by atoms with Crippen molar-refractivity contribution >= 4 is 33.4 Å². The molecule has 3 rings (SSSR count). The number of hydrogen-bond donors (Lipinski definition) is 2. The van der Waals surface area contributed by atoms with Crippen LogP contribution in [0, 0.1) is 0 Å². The second-order valence-electron chi connectivity index (χ2n) is 5.01. The highest BCUT2D eigenvalue weighted by Crippen LogP contribution is 2.43. The van der Waals surface area contributed by atoms with Crippen LogP contribution in [0.3, 0.4) is 0 Å². The lowest BCUT2D eigenvalue weighted by atomic mass is 9.97. The summed E-state index contributed by atoms with van der Waals surface area (Å²) in [6.45, 7) is 0. The minimum Gasteiger partial charge on any atom is -0.478 e. The topological polar surface area (TPSA) is 74.6 Å². The van der Waals surface area contributed by atoms with Gasteiger partial charge in [0.1, 0.15) is 0 Å². The number of halogens is 2. The van der Waals surface area contributed by atoms with E-state index < -0.39 is 23.9 Å². The number of thiophene rings is 1. The van der Waals surface area contributed by atoms with Gasteiger partial charge in [-0.2, -0.15) is 0 Å². The molecule has 24 heavy (non-hydrogen) atoms. The minimum absolute atomic E-state index is 0.171. The van der Waals surface area contributed by atoms with E-state index in [1.54, 1.807) is 24.3 Å². The van der Waals surface area contributed by atoms with Gasteiger partial charge < -0.3 is 10.2 Å². The van der Waals surface area contributed by atoms with E-state index in [4.69, 9.17) is 5.11 Å². The van der Waals surface area contributed by atoms with Gasteiger partial charge in [-0.25, -0.2) is 18.4 Å². The first-order chi connectivity index (χ1) is 11.4. The largest absolute Gasteiger partial charge is 0.478 e. The van der Waals surface area contributed by atoms with Crippen LogP contribution in [-0.2, 0) is 0 Å². The summed E-state index contributed by atoms with van der Waals surface area (Å²) in [6.07, 6.45) is -2.72. The van der Waals surface area contributed by atoms with Crippen LogP contribution in [-0.4, -0.2) is 22.2 Å². The predicted octanol–water partition coefficient (Wildman–Crippen LogP) is 4.90. The summed E-state index contributed by atoms with van der Waals surface area (Å²) in [5.41, 5.74) is -0.324. The van der Waals surface area contributed by atoms with E-state index >= 15 is 0 Å². The molecule has 0 bridgehead atoms. The van der Waals surface area contributed by atoms with Crippen molar-refractivity contribution in [1.29, 1.82) is 0 Å². The predicted molar refractivity (Wildman–Crippen MR) is 86.1 cm³/mol. The lowest BCUT2D eigenvalue weighted by Crippen LogP contribution is -2.08. The van der Waals surface area contributed by atoms with Crippen LogP contribution in [0.4, 0.5) is 8.78 Å². The summed E-state index contributed by atoms with van der Waals surface area (Å²) in [7, 11) is 0. The SMILES string of the molecule is O=C(O)c1ccc(-c2c(C(F)F)sc3ccccc23)cc1C(=O)O. The number of rotatable bonds is 4. The summed E-state index contributed by atoms with van der Waals surface area (Å²) in [5, 5.41) is 18.9. The van der Waals surface area contributed by atoms with Crippen molar-refractivity contribution in [3.05, 3.63) is 58.5 Å². The van der Waals surface area contributed by atoms with Gasteiger partial charge in [-0.1, -0.05) is 24.3 Å². The normalized spacial score (nSPS) is 11.1. The molecule has 0 amide bonds. The summed E-state index contributed by atoms with van der Waals surface area (Å²) in [6, 6.07) is 10.4. The Morgan fingerprint density at radius 1 is 0.958 bits per heavy atom. The van der Waals surface area contributed by atoms with Crippen molar-refractivity contribution in [1.82, 2.24) is 0 Å². The molecule has 2 N–H and O–H groups in total. The van der Waals surface area contributed by atoms with Gasteiger partial charge in [0, 0.05) is 15.6 Å². The van der Waals surface area contributed by atoms with E-state index in [-0.39, 0.29) is 21.6 Å². The standard InChI is InChI=1S/C17H10F2O4S/c18-15(19)14-13(10-3-1-2-4-12(10)24-14)8-5-6-9(16(20)21)11(7-8)17(22)23/h1-7,15H,(H,20,21)(H,22,23). The highest BCUT2D eigenvalue weighted by molar-refractivity contribution is 7.19. The van der Waals surface area contributed by atoms with E-state index in [1.165, 1.54) is 6.07 Å². The van der Waals surface area contributed by atoms with Crippen molar-refractivity contribution in [3.63, 3.8) is 0 Å². The molecule has 4 nitrogen and oxygen atoms in total. The maximum atomic E-state index is 13.4. The molecule has 0 aliphatic heterocycles. The quantitative estimate of drug-likeness (QED) is 0.703. The fourth-order valence-corrected chi connectivity index (χ4v) is 3.66. The molecule has 122 valence electrons. The second kappa shape index (κ2) is 6.01. The van der Waals surface area contributed by atoms with Gasteiger partial charge in [-0.05, 0) is 23.8 Å². The molecule has 0 saturated heterocycles. The molecule has 0 aliphatic carbocycles. The number of benzene rings is 2. The highest BCUT2D eigenvalue weighted by atomic mass is 32.1. The molecule has 0 radical (unpaired) electrons. The van der Waals surface area contributed by atoms with Crippen LogP contribution in [0.5, 0.6) is 0 Å². The zero-order chi connectivity index (χ0) is 17.4. The number of carboxylic acids is 2. The molecule has 0 unspecified atom stereocenters. The molecule has 1 aromatic heterocycles. The summed E-state index contributed by atoms with van der Waals surface area (Å²) < 4.78 is 27.5. The molecule has 0 saturated carbocycles. The van der Waals surface area contributed by atoms with Crippen molar-refractivity contribution in [2.24, 2.45) is 0 Å². The van der Waals surface area contributed by atoms with Gasteiger partial charge in [0.05, 0.1) is 16.0 Å². The van der Waals surface area contributed by atoms with E-state index in [1.807, 2.05) is 0 Å². The lowest BCUT2D eigenvalue weighted by Gasteiger charge is -2.08. The first kappa shape index (κ1) is 16.1. The summed E-state index contributed by atoms with van der Waals surface area (Å²) in [5.74, 6) is -2.81. The van der Waals surface area contributed by atoms with Gasteiger partial charge >= 0.3 is 11.9 Å². The third kappa shape index (κ3) is 2.63. The van der Waals surface area contributed by atoms with Crippen molar-refractivity contribution in [2.45, 2.75) is 6.43 Å². The summed E-state index contributed by atoms with van der Waals surface area (Å²) >= 11 is 0.938. The zero-order valence-electron chi connectivity index (χ0n) is 12.0. The molecule has 1 heterocycles. The number of aromatic carboxylic acids is 2. The fourth-order valence-electron chi connectivity index (χ4n) is 2.58. The molecule has 3 aromatic rings. The van der Waals surface area contributed by atoms with Gasteiger partial charge in [0.2, 0.25) is 0 Å². The molecule has 0 aliphatic rings. The average Bonchev–Trinajstić information content (AvgIpc) is 2.93. The van der Waals surface area contributed by atoms with E-state index in [0.29, 0.717) is 10.1 Å². The molecule has 0 fully saturated rings. The molecule has 7 heteroatoms. The Labute approximate surface area is 138 Å². The van der Waals surface area contributed by atoms with Crippen LogP contribution < -0.4 is 0 Å². The Morgan fingerprint density at radius 3 is 2.25 bits per heavy atom. The van der Waals surface area contributed by atoms with Crippen molar-refractivity contribution in [2.75, 3.05) is 0 Å². The highest BCUT2D eigenvalue weighted by Gasteiger charge is 2.23. The van der Waals surface area contributed by atoms with Crippen LogP contribution in [0.25, 0.3) is 21.2 Å². The Hall–Kier alpha value is -2.80. The first-order valence-corrected chi connectivity index (χ1v) is 7.62. The molecule has 2 aromatic carbocycles. The van der Waals surface area contributed by atoms with E-state index in [2.05, 4.69) is 0 Å². The second-order valence-corrected chi connectivity index (χ2v) is 6.09. The number of fused-ring (bicyclic) bond motifs is 1. The van der Waals surface area contributed by atoms with Crippen LogP contribution in [0.2, 0.25) is 0 Å². The molecule has 0 atom stereocenters. The average molecular weight is 348 g/mol. The van der Waals surface area contributed by atoms with E-state index in [0.717, 1.165) is 23.5 Å². The Bertz CT molecular complexity index is 962. The van der Waals surface area contributed by atoms with Gasteiger partial charge in [-0.15, -0.1) is 11.3 Å². The van der Waals surface area contributed by atoms with Gasteiger partial charge in [0.15, 0.2) is 0 Å². The Balaban J connectivity index is 2.31. The Kier molecular flexibility index (Phi) is 4.02. The van der Waals surface area contributed by atoms with Crippen molar-refractivity contribution in [3.8, 4) is 11.1 Å². The van der Waals surface area contributed by atoms with Gasteiger partial charge in [0.25, 0.3) is 6.43 Å². The third-order valence-corrected chi connectivity index (χ3v) is 4.77. The molecular formula is C17H10F2O4S. The first-order valence-electron chi connectivity index (χ1n) is 6.80. The zero-order valence-corrected chi connectivity index (χ0v) is 12.8. The number of alkyl halides is 2. The van der Waals surface area contributed by atoms with Crippen LogP contribution >= 0.6 is 11.3 Å². The van der Waals surface area contributed by atoms with Gasteiger partial charge in [-0.3, -0.25) is 0 Å². The third-order valence-electron chi connectivity index (χ3n) is 3.59. The Morgan fingerprint density at radius 2 is 1.62 bits per heavy atom. The van der Waals surface area contributed by atoms with Crippen LogP contribution in [0.15, 0.2) is 42.5 Å². The van der Waals surface area contributed by atoms with E-state index in [9.17, 15) is 23.5 Å². The van der Waals surface area contributed by atoms with Crippen molar-refractivity contribution < 1.29 is 28.6 Å². The van der Waals surface area contributed by atoms with Crippen LogP contribution in [0.1, 0.15) is 32.0 Å². The fraction of sp³-hybridized carbons (Fsp3) is 0.0588. The number of carbonyl (C=O) groups is 2. The molecule has 0 spiro atoms.